The fourth-order valence-electron chi connectivity index (χ4n) is 10.9. The molecule has 2 aromatic heterocycles. The van der Waals surface area contributed by atoms with Gasteiger partial charge < -0.3 is 98.4 Å². The molecule has 3 atom stereocenters. The number of cyclic esters (lactones) is 1. The van der Waals surface area contributed by atoms with E-state index in [0.29, 0.717) is 176 Å². The predicted octanol–water partition coefficient (Wildman–Crippen LogP) is 1.60. The van der Waals surface area contributed by atoms with Crippen molar-refractivity contribution < 1.29 is 105 Å². The number of hydrogen-bond acceptors (Lipinski definition) is 24. The van der Waals surface area contributed by atoms with Crippen LogP contribution < -0.4 is 46.9 Å². The van der Waals surface area contributed by atoms with Gasteiger partial charge in [-0.25, -0.2) is 14.6 Å². The van der Waals surface area contributed by atoms with Crippen molar-refractivity contribution >= 4 is 64.3 Å². The molecule has 3 aromatic rings. The zero-order valence-corrected chi connectivity index (χ0v) is 58.0. The maximum absolute atomic E-state index is 14.0. The van der Waals surface area contributed by atoms with Crippen LogP contribution in [0, 0.1) is 5.92 Å². The summed E-state index contributed by atoms with van der Waals surface area (Å²) in [6, 6.07) is 2.75. The SMILES string of the molecule is CC(C)[C@H](NC(=O)CCOCCOCCOCCOCCOCCOCCOCCOCCNC(=O)CCCCCN1C(=O)C=CC1=O)C(=O)N[C@@H](CCCCNC(=O)OC(C)(C)C)C(=O)NCC(=O)NCc1c2c(nc3cc4c(cc13)OCO4)-c1cc3c(c(=O)n1C2)COC(=O)[C@@]3(C)O. The number of nitrogens with one attached hydrogen (secondary N) is 6. The molecule has 0 saturated carbocycles. The highest BCUT2D eigenvalue weighted by Crippen LogP contribution is 2.43. The molecule has 32 heteroatoms. The number of rotatable bonds is 47. The van der Waals surface area contributed by atoms with E-state index in [4.69, 9.17) is 61.8 Å². The predicted molar refractivity (Wildman–Crippen MR) is 356 cm³/mol. The molecule has 8 amide bonds. The van der Waals surface area contributed by atoms with Crippen LogP contribution in [0.5, 0.6) is 11.5 Å². The number of aromatic nitrogens is 2. The van der Waals surface area contributed by atoms with E-state index < -0.39 is 77.0 Å². The van der Waals surface area contributed by atoms with Crippen LogP contribution in [0.1, 0.15) is 115 Å². The number of imide groups is 1. The van der Waals surface area contributed by atoms with E-state index in [-0.39, 0.29) is 94.5 Å². The molecule has 1 aromatic carbocycles. The lowest BCUT2D eigenvalue weighted by atomic mass is 9.89. The quantitative estimate of drug-likeness (QED) is 0.0188. The molecule has 552 valence electrons. The van der Waals surface area contributed by atoms with Crippen LogP contribution in [0.3, 0.4) is 0 Å². The molecule has 0 saturated heterocycles. The Morgan fingerprint density at radius 2 is 1.21 bits per heavy atom. The minimum Gasteiger partial charge on any atom is -0.458 e. The fraction of sp³-hybridized carbons (Fsp3) is 0.632. The summed E-state index contributed by atoms with van der Waals surface area (Å²) in [7, 11) is 0. The van der Waals surface area contributed by atoms with Gasteiger partial charge in [-0.1, -0.05) is 20.3 Å². The Morgan fingerprint density at radius 1 is 0.620 bits per heavy atom. The summed E-state index contributed by atoms with van der Waals surface area (Å²) < 4.78 is 67.5. The van der Waals surface area contributed by atoms with Crippen molar-refractivity contribution in [2.45, 2.75) is 136 Å². The summed E-state index contributed by atoms with van der Waals surface area (Å²) in [5, 5.41) is 28.2. The lowest BCUT2D eigenvalue weighted by molar-refractivity contribution is -0.169. The first-order valence-corrected chi connectivity index (χ1v) is 34.0. The van der Waals surface area contributed by atoms with Gasteiger partial charge in [0.15, 0.2) is 17.1 Å². The van der Waals surface area contributed by atoms with E-state index in [9.17, 15) is 53.1 Å². The Bertz CT molecular complexity index is 3370. The molecule has 0 radical (unpaired) electrons. The van der Waals surface area contributed by atoms with Gasteiger partial charge in [0, 0.05) is 73.8 Å². The third-order valence-corrected chi connectivity index (χ3v) is 16.1. The van der Waals surface area contributed by atoms with E-state index in [1.807, 2.05) is 0 Å². The standard InChI is InChI=1S/C68H97N9O23/c1-44(2)60(75-56(79)16-20-89-22-24-91-26-28-93-30-32-95-34-35-96-33-31-94-29-27-92-25-23-90-21-18-69-55(78)13-8-7-11-19-76-58(81)14-15-59(76)82)63(84)74-50(12-9-10-17-70-66(87)100-67(3,4)5)62(83)72-40-57(80)71-39-46-45-36-53-54(99-43-98-53)38-51(45)73-61-47(46)41-77-52(61)37-49-48(64(77)85)42-97-65(86)68(49,6)88/h14-15,36-38,44,50,60,88H,7-13,16-35,39-43H2,1-6H3,(H,69,78)(H,70,87)(H,71,80)(H,72,83)(H,74,84)(H,75,79)/t50-,60-,68-/m0/s1. The number of carbonyl (C=O) groups excluding carboxylic acids is 9. The number of esters is 1. The van der Waals surface area contributed by atoms with Crippen molar-refractivity contribution in [3.05, 3.63) is 63.0 Å². The monoisotopic (exact) mass is 1410 g/mol. The summed E-state index contributed by atoms with van der Waals surface area (Å²) in [6.07, 6.45) is 5.12. The number of unbranched alkanes of at least 4 members (excludes halogenated alkanes) is 3. The van der Waals surface area contributed by atoms with E-state index in [1.54, 1.807) is 52.8 Å². The van der Waals surface area contributed by atoms with Crippen molar-refractivity contribution in [3.63, 3.8) is 0 Å². The molecule has 0 bridgehead atoms. The van der Waals surface area contributed by atoms with Gasteiger partial charge in [0.2, 0.25) is 36.3 Å². The molecule has 0 spiro atoms. The maximum atomic E-state index is 14.0. The summed E-state index contributed by atoms with van der Waals surface area (Å²) in [5.74, 6) is -3.46. The number of amides is 8. The van der Waals surface area contributed by atoms with Gasteiger partial charge >= 0.3 is 12.1 Å². The van der Waals surface area contributed by atoms with E-state index in [1.165, 1.54) is 28.5 Å². The highest BCUT2D eigenvalue weighted by Gasteiger charge is 2.43. The largest absolute Gasteiger partial charge is 0.458 e. The average molecular weight is 1410 g/mol. The number of carbonyl (C=O) groups is 9. The van der Waals surface area contributed by atoms with Gasteiger partial charge in [0.05, 0.1) is 141 Å². The third kappa shape index (κ3) is 24.8. The lowest BCUT2D eigenvalue weighted by Gasteiger charge is -2.29. The highest BCUT2D eigenvalue weighted by molar-refractivity contribution is 6.12. The molecule has 100 heavy (non-hydrogen) atoms. The Balaban J connectivity index is 0.728. The summed E-state index contributed by atoms with van der Waals surface area (Å²) in [4.78, 5) is 135. The Morgan fingerprint density at radius 3 is 1.81 bits per heavy atom. The second-order valence-corrected chi connectivity index (χ2v) is 25.3. The van der Waals surface area contributed by atoms with E-state index in [0.717, 1.165) is 6.42 Å². The first kappa shape index (κ1) is 79.1. The van der Waals surface area contributed by atoms with Crippen molar-refractivity contribution in [1.82, 2.24) is 46.4 Å². The molecule has 4 aliphatic rings. The zero-order valence-electron chi connectivity index (χ0n) is 58.0. The maximum Gasteiger partial charge on any atom is 0.407 e. The molecule has 7 N–H and O–H groups in total. The van der Waals surface area contributed by atoms with Crippen molar-refractivity contribution in [2.75, 3.05) is 139 Å². The minimum atomic E-state index is -2.09. The zero-order chi connectivity index (χ0) is 72.0. The number of ether oxygens (including phenoxy) is 12. The van der Waals surface area contributed by atoms with Gasteiger partial charge in [-0.15, -0.1) is 0 Å². The van der Waals surface area contributed by atoms with Crippen molar-refractivity contribution in [3.8, 4) is 22.9 Å². The fourth-order valence-corrected chi connectivity index (χ4v) is 10.9. The molecule has 0 unspecified atom stereocenters. The number of benzene rings is 1. The topological polar surface area (TPSA) is 395 Å². The Labute approximate surface area is 580 Å². The third-order valence-electron chi connectivity index (χ3n) is 16.1. The number of fused-ring (bicyclic) bond motifs is 6. The second kappa shape index (κ2) is 40.3. The summed E-state index contributed by atoms with van der Waals surface area (Å²) >= 11 is 0. The summed E-state index contributed by atoms with van der Waals surface area (Å²) in [5.41, 5.74) is -0.693. The van der Waals surface area contributed by atoms with Crippen molar-refractivity contribution in [2.24, 2.45) is 5.92 Å². The number of nitrogens with zero attached hydrogens (tertiary/aromatic N) is 3. The van der Waals surface area contributed by atoms with Crippen LogP contribution in [-0.2, 0) is 111 Å². The molecule has 0 aliphatic carbocycles. The molecule has 6 heterocycles. The Hall–Kier alpha value is -8.21. The van der Waals surface area contributed by atoms with Gasteiger partial charge in [-0.2, -0.15) is 0 Å². The number of alkyl carbamates (subject to hydrolysis) is 1. The number of aliphatic hydroxyl groups is 1. The smallest absolute Gasteiger partial charge is 0.407 e. The van der Waals surface area contributed by atoms with Gasteiger partial charge in [-0.05, 0) is 83.4 Å². The normalized spacial score (nSPS) is 15.7. The molecular formula is C68H97N9O23. The van der Waals surface area contributed by atoms with Crippen LogP contribution in [0.25, 0.3) is 22.3 Å². The van der Waals surface area contributed by atoms with Gasteiger partial charge in [-0.3, -0.25) is 43.3 Å². The highest BCUT2D eigenvalue weighted by atomic mass is 16.7. The molecular weight excluding hydrogens is 1310 g/mol. The van der Waals surface area contributed by atoms with Crippen molar-refractivity contribution in [1.29, 1.82) is 0 Å². The molecule has 32 nitrogen and oxygen atoms in total. The van der Waals surface area contributed by atoms with Gasteiger partial charge in [0.1, 0.15) is 24.3 Å². The lowest BCUT2D eigenvalue weighted by Crippen LogP contribution is -2.56. The minimum absolute atomic E-state index is 0.0224. The molecule has 7 rings (SSSR count). The molecule has 4 aliphatic heterocycles. The van der Waals surface area contributed by atoms with Crippen LogP contribution in [0.4, 0.5) is 4.79 Å². The van der Waals surface area contributed by atoms with E-state index in [2.05, 4.69) is 31.9 Å². The number of hydrogen-bond donors (Lipinski definition) is 7. The van der Waals surface area contributed by atoms with Crippen LogP contribution in [-0.4, -0.2) is 229 Å². The summed E-state index contributed by atoms with van der Waals surface area (Å²) in [6.45, 7) is 15.4. The molecule has 0 fully saturated rings. The van der Waals surface area contributed by atoms with Crippen LogP contribution in [0.2, 0.25) is 0 Å². The van der Waals surface area contributed by atoms with Crippen LogP contribution >= 0.6 is 0 Å². The van der Waals surface area contributed by atoms with E-state index >= 15 is 0 Å². The Kier molecular flexibility index (Phi) is 31.9. The first-order chi connectivity index (χ1) is 48.0. The van der Waals surface area contributed by atoms with Crippen LogP contribution in [0.15, 0.2) is 35.1 Å². The first-order valence-electron chi connectivity index (χ1n) is 34.0. The average Bonchev–Trinajstić information content (AvgIpc) is 1.51. The number of pyridine rings is 2. The van der Waals surface area contributed by atoms with Gasteiger partial charge in [0.25, 0.3) is 17.4 Å². The second-order valence-electron chi connectivity index (χ2n) is 25.3.